The maximum atomic E-state index is 11.0. The minimum atomic E-state index is -1.49. The zero-order chi connectivity index (χ0) is 11.9. The van der Waals surface area contributed by atoms with E-state index in [1.165, 1.54) is 12.2 Å². The summed E-state index contributed by atoms with van der Waals surface area (Å²) < 4.78 is 5.04. The first-order valence-corrected chi connectivity index (χ1v) is 4.83. The van der Waals surface area contributed by atoms with Gasteiger partial charge in [-0.3, -0.25) is 10.1 Å². The summed E-state index contributed by atoms with van der Waals surface area (Å²) in [5.41, 5.74) is -1.45. The van der Waals surface area contributed by atoms with E-state index >= 15 is 0 Å². The third-order valence-corrected chi connectivity index (χ3v) is 3.04. The molecule has 4 atom stereocenters. The maximum Gasteiger partial charge on any atom is 1.00 e. The minimum absolute atomic E-state index is 0. The topological polar surface area (TPSA) is 113 Å². The molecule has 0 aromatic carbocycles. The van der Waals surface area contributed by atoms with Crippen LogP contribution in [-0.4, -0.2) is 39.8 Å². The van der Waals surface area contributed by atoms with Gasteiger partial charge in [0.2, 0.25) is 5.54 Å². The number of carbonyl (C=O) groups is 1. The van der Waals surface area contributed by atoms with Crippen LogP contribution in [0.1, 0.15) is 12.8 Å². The van der Waals surface area contributed by atoms with Crippen molar-refractivity contribution in [3.05, 3.63) is 22.3 Å². The van der Waals surface area contributed by atoms with Gasteiger partial charge in [-0.25, -0.2) is 0 Å². The standard InChI is InChI=1S/C9H11NO6.K/c11-5-1-2-9(10(14)15)3-6(5)16-7(4-9)8(12)13;/h1-2,5-7,11H,3-4H2,(H,12,13);/q;+1/p-1/t5?,6-,7-,9+;/m1./s1. The van der Waals surface area contributed by atoms with Gasteiger partial charge in [0.25, 0.3) is 0 Å². The van der Waals surface area contributed by atoms with Crippen LogP contribution in [0.2, 0.25) is 0 Å². The maximum absolute atomic E-state index is 11.0. The monoisotopic (exact) mass is 267 g/mol. The van der Waals surface area contributed by atoms with E-state index < -0.39 is 34.7 Å². The molecule has 0 saturated carbocycles. The van der Waals surface area contributed by atoms with Crippen LogP contribution in [0.5, 0.6) is 0 Å². The number of nitro groups is 1. The van der Waals surface area contributed by atoms with Crippen molar-refractivity contribution in [1.29, 1.82) is 0 Å². The van der Waals surface area contributed by atoms with Gasteiger partial charge >= 0.3 is 51.4 Å². The fourth-order valence-corrected chi connectivity index (χ4v) is 2.15. The van der Waals surface area contributed by atoms with Crippen molar-refractivity contribution in [2.45, 2.75) is 36.7 Å². The number of aliphatic hydroxyl groups excluding tert-OH is 1. The van der Waals surface area contributed by atoms with Crippen LogP contribution in [0.3, 0.4) is 0 Å². The Hall–Kier alpha value is 0.166. The third-order valence-electron chi connectivity index (χ3n) is 3.04. The molecule has 7 nitrogen and oxygen atoms in total. The van der Waals surface area contributed by atoms with Crippen molar-refractivity contribution >= 4 is 5.97 Å². The van der Waals surface area contributed by atoms with Crippen molar-refractivity contribution in [3.8, 4) is 0 Å². The molecule has 1 aliphatic carbocycles. The van der Waals surface area contributed by atoms with E-state index in [4.69, 9.17) is 4.74 Å². The number of hydrogen-bond donors (Lipinski definition) is 1. The molecule has 1 unspecified atom stereocenters. The van der Waals surface area contributed by atoms with E-state index in [0.29, 0.717) is 0 Å². The number of carboxylic acids is 1. The summed E-state index contributed by atoms with van der Waals surface area (Å²) >= 11 is 0. The number of aliphatic hydroxyl groups is 1. The summed E-state index contributed by atoms with van der Waals surface area (Å²) in [5, 5.41) is 31.1. The molecule has 8 heteroatoms. The van der Waals surface area contributed by atoms with Gasteiger partial charge in [0.15, 0.2) is 0 Å². The summed E-state index contributed by atoms with van der Waals surface area (Å²) in [5.74, 6) is -1.49. The number of fused-ring (bicyclic) bond motifs is 2. The molecule has 2 rings (SSSR count). The summed E-state index contributed by atoms with van der Waals surface area (Å²) in [6.45, 7) is 0. The number of ether oxygens (including phenoxy) is 1. The SMILES string of the molecule is O=C([O-])[C@H]1C[C@]2([N+](=O)[O-])C=CC(O)[C@@H](C2)O1.[K+]. The molecule has 0 spiro atoms. The molecule has 88 valence electrons. The van der Waals surface area contributed by atoms with Crippen LogP contribution in [0, 0.1) is 10.1 Å². The molecule has 1 saturated heterocycles. The third kappa shape index (κ3) is 2.78. The minimum Gasteiger partial charge on any atom is -0.547 e. The summed E-state index contributed by atoms with van der Waals surface area (Å²) in [6.07, 6.45) is -0.940. The van der Waals surface area contributed by atoms with Crippen LogP contribution in [0.4, 0.5) is 0 Å². The second-order valence-corrected chi connectivity index (χ2v) is 4.10. The Morgan fingerprint density at radius 2 is 2.18 bits per heavy atom. The van der Waals surface area contributed by atoms with Crippen LogP contribution >= 0.6 is 0 Å². The molecular formula is C9H10KNO6. The molecular weight excluding hydrogens is 257 g/mol. The van der Waals surface area contributed by atoms with E-state index in [-0.39, 0.29) is 64.2 Å². The molecule has 1 N–H and O–H groups in total. The molecule has 0 amide bonds. The number of carbonyl (C=O) groups excluding carboxylic acids is 1. The summed E-state index contributed by atoms with van der Waals surface area (Å²) in [6, 6.07) is 0. The number of carboxylic acid groups (broad SMARTS) is 1. The van der Waals surface area contributed by atoms with Gasteiger partial charge < -0.3 is 19.7 Å². The first-order valence-electron chi connectivity index (χ1n) is 4.83. The number of nitrogens with zero attached hydrogens (tertiary/aromatic N) is 1. The summed E-state index contributed by atoms with van der Waals surface area (Å²) in [4.78, 5) is 21.1. The first kappa shape index (κ1) is 15.2. The number of aliphatic carboxylic acids is 1. The average Bonchev–Trinajstić information content (AvgIpc) is 2.23. The molecule has 2 bridgehead atoms. The first-order chi connectivity index (χ1) is 7.44. The van der Waals surface area contributed by atoms with Crippen molar-refractivity contribution in [2.24, 2.45) is 0 Å². The average molecular weight is 267 g/mol. The van der Waals surface area contributed by atoms with Gasteiger partial charge in [-0.2, -0.15) is 0 Å². The molecule has 0 aromatic heterocycles. The van der Waals surface area contributed by atoms with E-state index in [0.717, 1.165) is 0 Å². The van der Waals surface area contributed by atoms with Crippen LogP contribution in [-0.2, 0) is 9.53 Å². The Kier molecular flexibility index (Phi) is 4.86. The van der Waals surface area contributed by atoms with Crippen LogP contribution < -0.4 is 56.5 Å². The van der Waals surface area contributed by atoms with Gasteiger partial charge in [-0.05, 0) is 6.08 Å². The molecule has 1 fully saturated rings. The second-order valence-electron chi connectivity index (χ2n) is 4.10. The number of rotatable bonds is 2. The zero-order valence-corrected chi connectivity index (χ0v) is 12.4. The van der Waals surface area contributed by atoms with Crippen molar-refractivity contribution < 1.29 is 76.1 Å². The fourth-order valence-electron chi connectivity index (χ4n) is 2.15. The van der Waals surface area contributed by atoms with E-state index in [1.54, 1.807) is 0 Å². The Balaban J connectivity index is 0.00000144. The van der Waals surface area contributed by atoms with Gasteiger partial charge in [0.1, 0.15) is 6.10 Å². The summed E-state index contributed by atoms with van der Waals surface area (Å²) in [7, 11) is 0. The van der Waals surface area contributed by atoms with Gasteiger partial charge in [0.05, 0.1) is 31.0 Å². The van der Waals surface area contributed by atoms with Crippen molar-refractivity contribution in [2.75, 3.05) is 0 Å². The van der Waals surface area contributed by atoms with Gasteiger partial charge in [-0.1, -0.05) is 6.08 Å². The van der Waals surface area contributed by atoms with Crippen molar-refractivity contribution in [1.82, 2.24) is 0 Å². The molecule has 1 aliphatic heterocycles. The van der Waals surface area contributed by atoms with Gasteiger partial charge in [0, 0.05) is 4.92 Å². The quantitative estimate of drug-likeness (QED) is 0.233. The second kappa shape index (κ2) is 5.43. The molecule has 17 heavy (non-hydrogen) atoms. The molecule has 1 heterocycles. The predicted octanol–water partition coefficient (Wildman–Crippen LogP) is -4.77. The Morgan fingerprint density at radius 3 is 2.71 bits per heavy atom. The normalized spacial score (nSPS) is 39.2. The number of hydrogen-bond acceptors (Lipinski definition) is 6. The Morgan fingerprint density at radius 1 is 1.53 bits per heavy atom. The smallest absolute Gasteiger partial charge is 0.547 e. The Bertz CT molecular complexity index is 372. The van der Waals surface area contributed by atoms with E-state index in [2.05, 4.69) is 0 Å². The van der Waals surface area contributed by atoms with Crippen molar-refractivity contribution in [3.63, 3.8) is 0 Å². The predicted molar refractivity (Wildman–Crippen MR) is 47.8 cm³/mol. The fraction of sp³-hybridized carbons (Fsp3) is 0.667. The van der Waals surface area contributed by atoms with Gasteiger partial charge in [-0.15, -0.1) is 0 Å². The largest absolute Gasteiger partial charge is 1.00 e. The van der Waals surface area contributed by atoms with Crippen LogP contribution in [0.25, 0.3) is 0 Å². The molecule has 0 radical (unpaired) electrons. The Labute approximate surface area is 139 Å². The molecule has 0 aromatic rings. The van der Waals surface area contributed by atoms with E-state index in [1.807, 2.05) is 0 Å². The zero-order valence-electron chi connectivity index (χ0n) is 9.24. The molecule has 2 aliphatic rings. The van der Waals surface area contributed by atoms with E-state index in [9.17, 15) is 25.1 Å². The van der Waals surface area contributed by atoms with Crippen LogP contribution in [0.15, 0.2) is 12.2 Å².